The van der Waals surface area contributed by atoms with Crippen molar-refractivity contribution < 1.29 is 13.2 Å². The van der Waals surface area contributed by atoms with Crippen LogP contribution in [0.2, 0.25) is 0 Å². The number of nitrogens with zero attached hydrogens (tertiary/aromatic N) is 2. The monoisotopic (exact) mass is 378 g/mol. The first kappa shape index (κ1) is 17.8. The highest BCUT2D eigenvalue weighted by Crippen LogP contribution is 2.41. The van der Waals surface area contributed by atoms with Gasteiger partial charge >= 0.3 is 0 Å². The van der Waals surface area contributed by atoms with Crippen LogP contribution in [0, 0.1) is 0 Å². The van der Waals surface area contributed by atoms with Crippen molar-refractivity contribution >= 4 is 32.5 Å². The lowest BCUT2D eigenvalue weighted by Crippen LogP contribution is -2.42. The van der Waals surface area contributed by atoms with Crippen LogP contribution < -0.4 is 0 Å². The minimum absolute atomic E-state index is 0.233. The standard InChI is InChI=1S/C18H19ClN2O3S/c1-4-24-13(2)16-11-15(19)5-8-18(16,3)25(22,23)21-10-7-14-12-20-9-6-17(14)21/h5-7,9-12H,2,4,8H2,1,3H3. The third-order valence-electron chi connectivity index (χ3n) is 4.44. The van der Waals surface area contributed by atoms with Crippen LogP contribution in [0.3, 0.4) is 0 Å². The summed E-state index contributed by atoms with van der Waals surface area (Å²) in [6.07, 6.45) is 8.31. The first-order chi connectivity index (χ1) is 11.8. The minimum Gasteiger partial charge on any atom is -0.494 e. The molecule has 0 amide bonds. The highest BCUT2D eigenvalue weighted by molar-refractivity contribution is 7.91. The molecule has 2 heterocycles. The Morgan fingerprint density at radius 3 is 2.96 bits per heavy atom. The molecule has 0 aromatic carbocycles. The molecule has 0 aliphatic heterocycles. The van der Waals surface area contributed by atoms with E-state index in [-0.39, 0.29) is 6.42 Å². The second-order valence-electron chi connectivity index (χ2n) is 5.99. The zero-order chi connectivity index (χ0) is 18.2. The zero-order valence-corrected chi connectivity index (χ0v) is 15.6. The van der Waals surface area contributed by atoms with Gasteiger partial charge in [-0.05, 0) is 38.5 Å². The maximum Gasteiger partial charge on any atom is 0.249 e. The fraction of sp³-hybridized carbons (Fsp3) is 0.278. The Balaban J connectivity index is 2.18. The second kappa shape index (κ2) is 6.35. The Bertz CT molecular complexity index is 1000. The van der Waals surface area contributed by atoms with Crippen LogP contribution in [0.4, 0.5) is 0 Å². The van der Waals surface area contributed by atoms with Crippen LogP contribution in [-0.4, -0.2) is 28.7 Å². The molecule has 0 spiro atoms. The van der Waals surface area contributed by atoms with Crippen molar-refractivity contribution in [2.75, 3.05) is 6.61 Å². The number of rotatable bonds is 5. The lowest BCUT2D eigenvalue weighted by atomic mass is 9.91. The predicted octanol–water partition coefficient (Wildman–Crippen LogP) is 3.98. The van der Waals surface area contributed by atoms with Crippen molar-refractivity contribution in [2.24, 2.45) is 0 Å². The van der Waals surface area contributed by atoms with Gasteiger partial charge in [0.1, 0.15) is 10.5 Å². The highest BCUT2D eigenvalue weighted by atomic mass is 35.5. The van der Waals surface area contributed by atoms with Gasteiger partial charge in [0.25, 0.3) is 0 Å². The highest BCUT2D eigenvalue weighted by Gasteiger charge is 2.46. The lowest BCUT2D eigenvalue weighted by molar-refractivity contribution is 0.234. The number of ether oxygens (including phenoxy) is 1. The fourth-order valence-electron chi connectivity index (χ4n) is 3.01. The van der Waals surface area contributed by atoms with Crippen molar-refractivity contribution in [3.05, 3.63) is 65.8 Å². The van der Waals surface area contributed by atoms with Gasteiger partial charge in [0.2, 0.25) is 10.0 Å². The molecule has 3 rings (SSSR count). The molecule has 0 fully saturated rings. The molecule has 1 atom stereocenters. The molecule has 132 valence electrons. The largest absolute Gasteiger partial charge is 0.494 e. The van der Waals surface area contributed by atoms with Crippen LogP contribution in [-0.2, 0) is 14.8 Å². The predicted molar refractivity (Wildman–Crippen MR) is 99.9 cm³/mol. The van der Waals surface area contributed by atoms with Gasteiger partial charge in [0.15, 0.2) is 0 Å². The van der Waals surface area contributed by atoms with Crippen LogP contribution in [0.5, 0.6) is 0 Å². The smallest absolute Gasteiger partial charge is 0.249 e. The van der Waals surface area contributed by atoms with E-state index >= 15 is 0 Å². The Morgan fingerprint density at radius 2 is 2.24 bits per heavy atom. The molecule has 0 bridgehead atoms. The first-order valence-electron chi connectivity index (χ1n) is 7.87. The number of hydrogen-bond acceptors (Lipinski definition) is 4. The number of fused-ring (bicyclic) bond motifs is 1. The summed E-state index contributed by atoms with van der Waals surface area (Å²) in [5.74, 6) is 0.318. The van der Waals surface area contributed by atoms with Crippen molar-refractivity contribution in [3.63, 3.8) is 0 Å². The number of halogens is 1. The van der Waals surface area contributed by atoms with Crippen molar-refractivity contribution in [2.45, 2.75) is 25.0 Å². The summed E-state index contributed by atoms with van der Waals surface area (Å²) >= 11 is 6.13. The first-order valence-corrected chi connectivity index (χ1v) is 9.69. The maximum absolute atomic E-state index is 13.5. The topological polar surface area (TPSA) is 61.2 Å². The number of aromatic nitrogens is 2. The van der Waals surface area contributed by atoms with Crippen LogP contribution >= 0.6 is 11.6 Å². The SMILES string of the molecule is C=C(OCC)C1=CC(Cl)=CCC1(C)S(=O)(=O)n1ccc2cnccc21. The van der Waals surface area contributed by atoms with E-state index in [1.165, 1.54) is 3.97 Å². The van der Waals surface area contributed by atoms with Gasteiger partial charge in [-0.2, -0.15) is 0 Å². The van der Waals surface area contributed by atoms with Crippen LogP contribution in [0.15, 0.2) is 65.8 Å². The van der Waals surface area contributed by atoms with Gasteiger partial charge in [-0.25, -0.2) is 12.4 Å². The summed E-state index contributed by atoms with van der Waals surface area (Å²) in [6, 6.07) is 3.41. The summed E-state index contributed by atoms with van der Waals surface area (Å²) in [4.78, 5) is 4.03. The fourth-order valence-corrected chi connectivity index (χ4v) is 5.02. The van der Waals surface area contributed by atoms with E-state index in [9.17, 15) is 8.42 Å². The van der Waals surface area contributed by atoms with Crippen molar-refractivity contribution in [3.8, 4) is 0 Å². The average Bonchev–Trinajstić information content (AvgIpc) is 3.02. The van der Waals surface area contributed by atoms with Gasteiger partial charge in [-0.15, -0.1) is 0 Å². The van der Waals surface area contributed by atoms with E-state index in [1.807, 2.05) is 6.92 Å². The third-order valence-corrected chi connectivity index (χ3v) is 7.07. The zero-order valence-electron chi connectivity index (χ0n) is 14.1. The summed E-state index contributed by atoms with van der Waals surface area (Å²) in [5.41, 5.74) is 1.05. The van der Waals surface area contributed by atoms with Crippen molar-refractivity contribution in [1.29, 1.82) is 0 Å². The van der Waals surface area contributed by atoms with E-state index in [4.69, 9.17) is 16.3 Å². The number of hydrogen-bond donors (Lipinski definition) is 0. The van der Waals surface area contributed by atoms with Crippen LogP contribution in [0.1, 0.15) is 20.3 Å². The average molecular weight is 379 g/mol. The molecule has 7 heteroatoms. The third kappa shape index (κ3) is 2.79. The molecule has 0 N–H and O–H groups in total. The van der Waals surface area contributed by atoms with E-state index in [2.05, 4.69) is 11.6 Å². The number of allylic oxidation sites excluding steroid dienone is 4. The molecular weight excluding hydrogens is 360 g/mol. The Labute approximate surface area is 152 Å². The molecule has 0 radical (unpaired) electrons. The van der Waals surface area contributed by atoms with Gasteiger partial charge < -0.3 is 4.74 Å². The van der Waals surface area contributed by atoms with E-state index in [0.717, 1.165) is 5.39 Å². The molecule has 25 heavy (non-hydrogen) atoms. The normalized spacial score (nSPS) is 20.9. The minimum atomic E-state index is -3.80. The Kier molecular flexibility index (Phi) is 4.51. The Morgan fingerprint density at radius 1 is 1.48 bits per heavy atom. The van der Waals surface area contributed by atoms with Gasteiger partial charge in [-0.1, -0.05) is 24.3 Å². The van der Waals surface area contributed by atoms with E-state index in [0.29, 0.717) is 28.5 Å². The number of pyridine rings is 1. The van der Waals surface area contributed by atoms with Gasteiger partial charge in [-0.3, -0.25) is 4.98 Å². The molecule has 2 aromatic heterocycles. The van der Waals surface area contributed by atoms with Gasteiger partial charge in [0.05, 0.1) is 12.1 Å². The molecule has 0 saturated heterocycles. The Hall–Kier alpha value is -2.05. The summed E-state index contributed by atoms with van der Waals surface area (Å²) in [7, 11) is -3.80. The molecule has 0 saturated carbocycles. The molecular formula is C18H19ClN2O3S. The molecule has 1 aliphatic carbocycles. The van der Waals surface area contributed by atoms with Crippen LogP contribution in [0.25, 0.3) is 10.9 Å². The summed E-state index contributed by atoms with van der Waals surface area (Å²) in [5, 5.41) is 1.23. The molecule has 5 nitrogen and oxygen atoms in total. The van der Waals surface area contributed by atoms with Gasteiger partial charge in [0, 0.05) is 34.6 Å². The van der Waals surface area contributed by atoms with E-state index in [1.54, 1.807) is 49.8 Å². The molecule has 1 aliphatic rings. The molecule has 2 aromatic rings. The van der Waals surface area contributed by atoms with E-state index < -0.39 is 14.8 Å². The second-order valence-corrected chi connectivity index (χ2v) is 8.67. The molecule has 1 unspecified atom stereocenters. The van der Waals surface area contributed by atoms with Crippen molar-refractivity contribution in [1.82, 2.24) is 8.96 Å². The quantitative estimate of drug-likeness (QED) is 0.738. The maximum atomic E-state index is 13.5. The summed E-state index contributed by atoms with van der Waals surface area (Å²) in [6.45, 7) is 7.79. The lowest BCUT2D eigenvalue weighted by Gasteiger charge is -2.34. The summed E-state index contributed by atoms with van der Waals surface area (Å²) < 4.78 is 32.6.